The first-order valence-electron chi connectivity index (χ1n) is 9.57. The molecule has 0 spiro atoms. The summed E-state index contributed by atoms with van der Waals surface area (Å²) in [6.45, 7) is 1.38. The average Bonchev–Trinajstić information content (AvgIpc) is 3.49. The summed E-state index contributed by atoms with van der Waals surface area (Å²) in [6.07, 6.45) is 2.11. The molecule has 0 aliphatic carbocycles. The highest BCUT2D eigenvalue weighted by atomic mass is 32.2. The van der Waals surface area contributed by atoms with E-state index >= 15 is 0 Å². The van der Waals surface area contributed by atoms with E-state index in [0.717, 1.165) is 25.0 Å². The lowest BCUT2D eigenvalue weighted by Gasteiger charge is -2.14. The van der Waals surface area contributed by atoms with Crippen LogP contribution < -0.4 is 5.56 Å². The van der Waals surface area contributed by atoms with E-state index in [1.165, 1.54) is 35.2 Å². The van der Waals surface area contributed by atoms with E-state index in [0.29, 0.717) is 39.3 Å². The number of nitrogens with zero attached hydrogens (tertiary/aromatic N) is 4. The summed E-state index contributed by atoms with van der Waals surface area (Å²) in [5.41, 5.74) is 1.37. The van der Waals surface area contributed by atoms with Gasteiger partial charge in [-0.25, -0.2) is 9.37 Å². The van der Waals surface area contributed by atoms with E-state index < -0.39 is 0 Å². The maximum Gasteiger partial charge on any atom is 0.268 e. The molecule has 0 amide bonds. The first-order chi connectivity index (χ1) is 14.7. The number of hydrogen-bond donors (Lipinski definition) is 1. The fraction of sp³-hybridized carbons (Fsp3) is 0.300. The Morgan fingerprint density at radius 3 is 2.93 bits per heavy atom. The second-order valence-electron chi connectivity index (χ2n) is 6.99. The fourth-order valence-corrected chi connectivity index (χ4v) is 5.03. The van der Waals surface area contributed by atoms with Crippen molar-refractivity contribution in [3.05, 3.63) is 57.7 Å². The topological polar surface area (TPSA) is 85.7 Å². The molecule has 1 fully saturated rings. The minimum absolute atomic E-state index is 0.0969. The number of rotatable bonds is 6. The quantitative estimate of drug-likeness (QED) is 0.456. The zero-order valence-electron chi connectivity index (χ0n) is 15.9. The van der Waals surface area contributed by atoms with Crippen molar-refractivity contribution >= 4 is 33.3 Å². The maximum atomic E-state index is 13.4. The summed E-state index contributed by atoms with van der Waals surface area (Å²) < 4.78 is 21.8. The predicted octanol–water partition coefficient (Wildman–Crippen LogP) is 3.85. The Hall–Kier alpha value is -2.56. The average molecular weight is 444 g/mol. The molecule has 1 atom stereocenters. The molecule has 10 heteroatoms. The van der Waals surface area contributed by atoms with Crippen LogP contribution in [0.1, 0.15) is 18.7 Å². The Morgan fingerprint density at radius 2 is 2.13 bits per heavy atom. The van der Waals surface area contributed by atoms with Gasteiger partial charge in [0.05, 0.1) is 23.9 Å². The zero-order chi connectivity index (χ0) is 20.5. The summed E-state index contributed by atoms with van der Waals surface area (Å²) in [4.78, 5) is 19.6. The number of halogens is 1. The minimum Gasteiger partial charge on any atom is -0.376 e. The summed E-state index contributed by atoms with van der Waals surface area (Å²) in [6, 6.07) is 8.07. The predicted molar refractivity (Wildman–Crippen MR) is 114 cm³/mol. The van der Waals surface area contributed by atoms with Crippen LogP contribution in [0.25, 0.3) is 21.6 Å². The molecule has 4 aromatic rings. The molecular weight excluding hydrogens is 425 g/mol. The van der Waals surface area contributed by atoms with E-state index in [2.05, 4.69) is 20.2 Å². The van der Waals surface area contributed by atoms with Gasteiger partial charge in [0.25, 0.3) is 5.56 Å². The van der Waals surface area contributed by atoms with Gasteiger partial charge in [0.15, 0.2) is 11.0 Å². The number of benzene rings is 1. The second kappa shape index (κ2) is 8.29. The lowest BCUT2D eigenvalue weighted by Crippen LogP contribution is -2.17. The molecule has 5 rings (SSSR count). The van der Waals surface area contributed by atoms with Crippen LogP contribution in [0.2, 0.25) is 0 Å². The summed E-state index contributed by atoms with van der Waals surface area (Å²) in [5.74, 6) is 1.42. The van der Waals surface area contributed by atoms with Crippen molar-refractivity contribution in [2.45, 2.75) is 36.4 Å². The molecule has 7 nitrogen and oxygen atoms in total. The van der Waals surface area contributed by atoms with Crippen molar-refractivity contribution < 1.29 is 9.13 Å². The summed E-state index contributed by atoms with van der Waals surface area (Å²) in [5, 5.41) is 11.3. The van der Waals surface area contributed by atoms with E-state index in [-0.39, 0.29) is 17.5 Å². The number of fused-ring (bicyclic) bond motifs is 1. The van der Waals surface area contributed by atoms with Crippen LogP contribution in [0.5, 0.6) is 0 Å². The van der Waals surface area contributed by atoms with Gasteiger partial charge in [0.1, 0.15) is 16.3 Å². The van der Waals surface area contributed by atoms with Gasteiger partial charge < -0.3 is 9.72 Å². The Balaban J connectivity index is 1.44. The minimum atomic E-state index is -0.294. The van der Waals surface area contributed by atoms with Crippen LogP contribution in [-0.4, -0.2) is 37.4 Å². The molecule has 4 heterocycles. The largest absolute Gasteiger partial charge is 0.376 e. The lowest BCUT2D eigenvalue weighted by molar-refractivity contribution is 0.0953. The van der Waals surface area contributed by atoms with E-state index in [4.69, 9.17) is 4.74 Å². The standard InChI is InChI=1S/C20H18FN5O2S2/c21-13-5-3-12(4-6-13)18-24-25-20(26(18)10-14-2-1-8-28-14)30-11-16-22-15-7-9-29-17(15)19(27)23-16/h3-7,9,14H,1-2,8,10-11H2,(H,22,23,27)/t14-/m1/s1. The number of ether oxygens (including phenoxy) is 1. The Kier molecular flexibility index (Phi) is 5.36. The molecule has 154 valence electrons. The number of thioether (sulfide) groups is 1. The van der Waals surface area contributed by atoms with Crippen LogP contribution >= 0.6 is 23.1 Å². The van der Waals surface area contributed by atoms with Crippen molar-refractivity contribution in [3.63, 3.8) is 0 Å². The number of nitrogens with one attached hydrogen (secondary N) is 1. The SMILES string of the molecule is O=c1[nH]c(CSc2nnc(-c3ccc(F)cc3)n2C[C@H]2CCCO2)nc2ccsc12. The summed E-state index contributed by atoms with van der Waals surface area (Å²) in [7, 11) is 0. The van der Waals surface area contributed by atoms with Crippen molar-refractivity contribution in [3.8, 4) is 11.4 Å². The van der Waals surface area contributed by atoms with E-state index in [1.54, 1.807) is 12.1 Å². The monoisotopic (exact) mass is 443 g/mol. The first kappa shape index (κ1) is 19.4. The highest BCUT2D eigenvalue weighted by Crippen LogP contribution is 2.28. The van der Waals surface area contributed by atoms with Gasteiger partial charge in [-0.05, 0) is 48.6 Å². The molecule has 1 aliphatic rings. The number of aromatic nitrogens is 5. The van der Waals surface area contributed by atoms with Gasteiger partial charge in [-0.2, -0.15) is 0 Å². The molecular formula is C20H18FN5O2S2. The maximum absolute atomic E-state index is 13.4. The summed E-state index contributed by atoms with van der Waals surface area (Å²) >= 11 is 2.83. The van der Waals surface area contributed by atoms with E-state index in [9.17, 15) is 9.18 Å². The van der Waals surface area contributed by atoms with E-state index in [1.807, 2.05) is 16.0 Å². The normalized spacial score (nSPS) is 16.5. The van der Waals surface area contributed by atoms with Crippen LogP contribution in [0.3, 0.4) is 0 Å². The van der Waals surface area contributed by atoms with Gasteiger partial charge in [-0.1, -0.05) is 11.8 Å². The Bertz CT molecular complexity index is 1230. The van der Waals surface area contributed by atoms with Crippen LogP contribution in [-0.2, 0) is 17.0 Å². The molecule has 0 radical (unpaired) electrons. The molecule has 0 bridgehead atoms. The molecule has 0 saturated carbocycles. The fourth-order valence-electron chi connectivity index (χ4n) is 3.49. The molecule has 3 aromatic heterocycles. The van der Waals surface area contributed by atoms with Crippen molar-refractivity contribution in [2.75, 3.05) is 6.61 Å². The Labute approximate surface area is 179 Å². The van der Waals surface area contributed by atoms with Gasteiger partial charge in [-0.15, -0.1) is 21.5 Å². The van der Waals surface area contributed by atoms with Crippen LogP contribution in [0.4, 0.5) is 4.39 Å². The second-order valence-corrected chi connectivity index (χ2v) is 8.85. The molecule has 1 aromatic carbocycles. The smallest absolute Gasteiger partial charge is 0.268 e. The van der Waals surface area contributed by atoms with Crippen molar-refractivity contribution in [1.82, 2.24) is 24.7 Å². The van der Waals surface area contributed by atoms with Gasteiger partial charge in [-0.3, -0.25) is 9.36 Å². The third kappa shape index (κ3) is 3.90. The molecule has 30 heavy (non-hydrogen) atoms. The Morgan fingerprint density at radius 1 is 1.27 bits per heavy atom. The number of thiophene rings is 1. The van der Waals surface area contributed by atoms with Crippen LogP contribution in [0.15, 0.2) is 45.7 Å². The number of aromatic amines is 1. The molecule has 1 saturated heterocycles. The van der Waals surface area contributed by atoms with Crippen LogP contribution in [0, 0.1) is 5.82 Å². The molecule has 1 aliphatic heterocycles. The highest BCUT2D eigenvalue weighted by Gasteiger charge is 2.22. The third-order valence-corrected chi connectivity index (χ3v) is 6.81. The van der Waals surface area contributed by atoms with Gasteiger partial charge in [0, 0.05) is 12.2 Å². The molecule has 0 unspecified atom stereocenters. The van der Waals surface area contributed by atoms with Gasteiger partial charge >= 0.3 is 0 Å². The third-order valence-electron chi connectivity index (χ3n) is 4.93. The van der Waals surface area contributed by atoms with Crippen molar-refractivity contribution in [2.24, 2.45) is 0 Å². The number of H-pyrrole nitrogens is 1. The van der Waals surface area contributed by atoms with Crippen molar-refractivity contribution in [1.29, 1.82) is 0 Å². The number of hydrogen-bond acceptors (Lipinski definition) is 7. The first-order valence-corrected chi connectivity index (χ1v) is 11.4. The lowest BCUT2D eigenvalue weighted by atomic mass is 10.2. The molecule has 1 N–H and O–H groups in total. The highest BCUT2D eigenvalue weighted by molar-refractivity contribution is 7.98. The van der Waals surface area contributed by atoms with Gasteiger partial charge in [0.2, 0.25) is 0 Å². The zero-order valence-corrected chi connectivity index (χ0v) is 17.5.